The van der Waals surface area contributed by atoms with Crippen LogP contribution in [0, 0.1) is 5.41 Å². The molecule has 0 heterocycles. The van der Waals surface area contributed by atoms with E-state index < -0.39 is 0 Å². The first-order valence-electron chi connectivity index (χ1n) is 6.69. The molecule has 0 unspecified atom stereocenters. The number of benzene rings is 1. The van der Waals surface area contributed by atoms with Crippen LogP contribution in [0.5, 0.6) is 0 Å². The quantitative estimate of drug-likeness (QED) is 0.667. The summed E-state index contributed by atoms with van der Waals surface area (Å²) in [6.45, 7) is 0.428. The van der Waals surface area contributed by atoms with Crippen molar-refractivity contribution in [1.82, 2.24) is 0 Å². The normalized spacial score (nSPS) is 19.2. The van der Waals surface area contributed by atoms with Crippen molar-refractivity contribution in [2.75, 3.05) is 6.54 Å². The van der Waals surface area contributed by atoms with Gasteiger partial charge in [-0.1, -0.05) is 49.4 Å². The predicted octanol–water partition coefficient (Wildman–Crippen LogP) is 3.82. The number of hydrogen-bond acceptors (Lipinski definition) is 2. The average molecular weight is 266 g/mol. The summed E-state index contributed by atoms with van der Waals surface area (Å²) in [5.41, 5.74) is 6.18. The molecule has 1 saturated carbocycles. The van der Waals surface area contributed by atoms with Crippen LogP contribution in [0.15, 0.2) is 24.3 Å². The summed E-state index contributed by atoms with van der Waals surface area (Å²) in [4.78, 5) is 12.8. The van der Waals surface area contributed by atoms with Crippen LogP contribution in [-0.2, 0) is 0 Å². The highest BCUT2D eigenvalue weighted by Gasteiger charge is 2.38. The highest BCUT2D eigenvalue weighted by atomic mass is 35.5. The Kier molecular flexibility index (Phi) is 4.41. The van der Waals surface area contributed by atoms with Crippen LogP contribution in [0.2, 0.25) is 5.02 Å². The van der Waals surface area contributed by atoms with E-state index in [1.807, 2.05) is 18.2 Å². The van der Waals surface area contributed by atoms with Crippen LogP contribution in [-0.4, -0.2) is 12.3 Å². The van der Waals surface area contributed by atoms with E-state index in [9.17, 15) is 4.79 Å². The lowest BCUT2D eigenvalue weighted by atomic mass is 9.74. The Balaban J connectivity index is 2.32. The van der Waals surface area contributed by atoms with Gasteiger partial charge in [0.1, 0.15) is 0 Å². The Bertz CT molecular complexity index is 422. The topological polar surface area (TPSA) is 43.1 Å². The molecule has 0 saturated heterocycles. The summed E-state index contributed by atoms with van der Waals surface area (Å²) in [6.07, 6.45) is 6.39. The number of Topliss-reactive ketones (excluding diaryl/α,β-unsaturated/α-hetero) is 1. The third-order valence-corrected chi connectivity index (χ3v) is 4.38. The van der Waals surface area contributed by atoms with E-state index >= 15 is 0 Å². The third kappa shape index (κ3) is 2.60. The molecule has 0 aliphatic heterocycles. The van der Waals surface area contributed by atoms with Gasteiger partial charge in [-0.15, -0.1) is 0 Å². The molecule has 98 valence electrons. The number of nitrogens with two attached hydrogens (primary N) is 1. The molecule has 1 aromatic carbocycles. The minimum atomic E-state index is -0.387. The summed E-state index contributed by atoms with van der Waals surface area (Å²) >= 11 is 6.14. The summed E-state index contributed by atoms with van der Waals surface area (Å²) in [5.74, 6) is 0.137. The van der Waals surface area contributed by atoms with Gasteiger partial charge >= 0.3 is 0 Å². The number of carbonyl (C=O) groups is 1. The molecule has 0 amide bonds. The summed E-state index contributed by atoms with van der Waals surface area (Å²) in [7, 11) is 0. The molecule has 1 aliphatic rings. The van der Waals surface area contributed by atoms with Gasteiger partial charge in [-0.2, -0.15) is 0 Å². The summed E-state index contributed by atoms with van der Waals surface area (Å²) in [6, 6.07) is 7.30. The first kappa shape index (κ1) is 13.6. The lowest BCUT2D eigenvalue weighted by molar-refractivity contribution is 0.0774. The van der Waals surface area contributed by atoms with Crippen molar-refractivity contribution in [3.63, 3.8) is 0 Å². The van der Waals surface area contributed by atoms with Crippen molar-refractivity contribution in [3.8, 4) is 0 Å². The first-order valence-corrected chi connectivity index (χ1v) is 7.07. The zero-order valence-electron chi connectivity index (χ0n) is 10.6. The van der Waals surface area contributed by atoms with Crippen molar-refractivity contribution in [3.05, 3.63) is 34.9 Å². The fraction of sp³-hybridized carbons (Fsp3) is 0.533. The van der Waals surface area contributed by atoms with Gasteiger partial charge in [0.15, 0.2) is 5.78 Å². The molecule has 18 heavy (non-hydrogen) atoms. The fourth-order valence-corrected chi connectivity index (χ4v) is 3.08. The van der Waals surface area contributed by atoms with Gasteiger partial charge in [0.2, 0.25) is 0 Å². The second kappa shape index (κ2) is 5.85. The van der Waals surface area contributed by atoms with Gasteiger partial charge in [0.05, 0.1) is 5.02 Å². The zero-order chi connectivity index (χ0) is 13.0. The molecule has 2 N–H and O–H groups in total. The maximum Gasteiger partial charge on any atom is 0.171 e. The fourth-order valence-electron chi connectivity index (χ4n) is 2.86. The molecule has 1 aromatic rings. The van der Waals surface area contributed by atoms with Gasteiger partial charge in [-0.05, 0) is 25.0 Å². The maximum absolute atomic E-state index is 12.8. The first-order chi connectivity index (χ1) is 8.69. The van der Waals surface area contributed by atoms with Crippen molar-refractivity contribution in [2.24, 2.45) is 11.1 Å². The third-order valence-electron chi connectivity index (χ3n) is 4.05. The molecule has 1 aliphatic carbocycles. The average Bonchev–Trinajstić information content (AvgIpc) is 2.65. The number of halogens is 1. The standard InChI is InChI=1S/C15H20ClNO/c16-13-8-4-3-7-12(13)14(18)15(11-17)9-5-1-2-6-10-15/h3-4,7-8H,1-2,5-6,9-11,17H2. The largest absolute Gasteiger partial charge is 0.329 e. The molecule has 2 nitrogen and oxygen atoms in total. The van der Waals surface area contributed by atoms with Gasteiger partial charge in [0.25, 0.3) is 0 Å². The maximum atomic E-state index is 12.8. The van der Waals surface area contributed by atoms with Crippen LogP contribution < -0.4 is 5.73 Å². The molecule has 0 atom stereocenters. The lowest BCUT2D eigenvalue weighted by Gasteiger charge is -2.30. The van der Waals surface area contributed by atoms with E-state index in [2.05, 4.69) is 0 Å². The molecule has 2 rings (SSSR count). The van der Waals surface area contributed by atoms with Crippen LogP contribution in [0.3, 0.4) is 0 Å². The molecule has 3 heteroatoms. The zero-order valence-corrected chi connectivity index (χ0v) is 11.4. The second-order valence-corrected chi connectivity index (χ2v) is 5.61. The van der Waals surface area contributed by atoms with E-state index in [0.29, 0.717) is 17.1 Å². The Morgan fingerprint density at radius 3 is 2.33 bits per heavy atom. The summed E-state index contributed by atoms with van der Waals surface area (Å²) < 4.78 is 0. The van der Waals surface area contributed by atoms with E-state index in [1.54, 1.807) is 6.07 Å². The Labute approximate surface area is 114 Å². The molecule has 0 radical (unpaired) electrons. The van der Waals surface area contributed by atoms with Crippen LogP contribution in [0.4, 0.5) is 0 Å². The van der Waals surface area contributed by atoms with E-state index in [0.717, 1.165) is 25.7 Å². The van der Waals surface area contributed by atoms with Crippen molar-refractivity contribution in [2.45, 2.75) is 38.5 Å². The molecule has 0 spiro atoms. The summed E-state index contributed by atoms with van der Waals surface area (Å²) in [5, 5.41) is 0.541. The van der Waals surface area contributed by atoms with E-state index in [4.69, 9.17) is 17.3 Å². The van der Waals surface area contributed by atoms with Crippen LogP contribution in [0.25, 0.3) is 0 Å². The van der Waals surface area contributed by atoms with Gasteiger partial charge in [-0.25, -0.2) is 0 Å². The minimum Gasteiger partial charge on any atom is -0.329 e. The minimum absolute atomic E-state index is 0.137. The number of hydrogen-bond donors (Lipinski definition) is 1. The van der Waals surface area contributed by atoms with Gasteiger partial charge in [-0.3, -0.25) is 4.79 Å². The highest BCUT2D eigenvalue weighted by Crippen LogP contribution is 2.38. The number of rotatable bonds is 3. The molecular formula is C15H20ClNO. The predicted molar refractivity (Wildman–Crippen MR) is 75.0 cm³/mol. The van der Waals surface area contributed by atoms with Gasteiger partial charge in [0, 0.05) is 17.5 Å². The number of ketones is 1. The molecule has 0 bridgehead atoms. The second-order valence-electron chi connectivity index (χ2n) is 5.21. The molecule has 1 fully saturated rings. The Morgan fingerprint density at radius 2 is 1.78 bits per heavy atom. The van der Waals surface area contributed by atoms with Crippen LogP contribution >= 0.6 is 11.6 Å². The van der Waals surface area contributed by atoms with E-state index in [-0.39, 0.29) is 11.2 Å². The molecular weight excluding hydrogens is 246 g/mol. The van der Waals surface area contributed by atoms with Crippen molar-refractivity contribution >= 4 is 17.4 Å². The SMILES string of the molecule is NCC1(C(=O)c2ccccc2Cl)CCCCCC1. The lowest BCUT2D eigenvalue weighted by Crippen LogP contribution is -2.38. The van der Waals surface area contributed by atoms with E-state index in [1.165, 1.54) is 12.8 Å². The Hall–Kier alpha value is -0.860. The Morgan fingerprint density at radius 1 is 1.17 bits per heavy atom. The smallest absolute Gasteiger partial charge is 0.171 e. The number of carbonyl (C=O) groups excluding carboxylic acids is 1. The van der Waals surface area contributed by atoms with Crippen LogP contribution in [0.1, 0.15) is 48.9 Å². The van der Waals surface area contributed by atoms with Gasteiger partial charge < -0.3 is 5.73 Å². The molecule has 0 aromatic heterocycles. The monoisotopic (exact) mass is 265 g/mol. The van der Waals surface area contributed by atoms with Crippen molar-refractivity contribution in [1.29, 1.82) is 0 Å². The highest BCUT2D eigenvalue weighted by molar-refractivity contribution is 6.34. The van der Waals surface area contributed by atoms with Crippen molar-refractivity contribution < 1.29 is 4.79 Å².